The van der Waals surface area contributed by atoms with E-state index in [-0.39, 0.29) is 6.04 Å². The minimum absolute atomic E-state index is 0.159. The molecule has 2 atom stereocenters. The van der Waals surface area contributed by atoms with Crippen molar-refractivity contribution in [3.8, 4) is 0 Å². The first-order valence-electron chi connectivity index (χ1n) is 8.57. The molecule has 6 heteroatoms. The molecule has 0 saturated carbocycles. The minimum atomic E-state index is 0.159. The van der Waals surface area contributed by atoms with Gasteiger partial charge >= 0.3 is 0 Å². The van der Waals surface area contributed by atoms with Crippen LogP contribution in [-0.4, -0.2) is 46.0 Å². The summed E-state index contributed by atoms with van der Waals surface area (Å²) in [6.07, 6.45) is 2.07. The minimum Gasteiger partial charge on any atom is -0.381 e. The molecule has 1 aliphatic heterocycles. The van der Waals surface area contributed by atoms with Crippen LogP contribution < -0.4 is 10.6 Å². The molecule has 5 nitrogen and oxygen atoms in total. The van der Waals surface area contributed by atoms with Crippen LogP contribution in [0.4, 0.5) is 0 Å². The summed E-state index contributed by atoms with van der Waals surface area (Å²) < 4.78 is 11.0. The molecule has 0 amide bonds. The number of aliphatic imine (C=N–C) groups is 1. The van der Waals surface area contributed by atoms with E-state index in [0.717, 1.165) is 56.8 Å². The fourth-order valence-electron chi connectivity index (χ4n) is 2.58. The second-order valence-corrected chi connectivity index (χ2v) is 6.51. The lowest BCUT2D eigenvalue weighted by atomic mass is 10.1. The molecular formula is C18H28ClN3O2. The van der Waals surface area contributed by atoms with Crippen molar-refractivity contribution in [1.82, 2.24) is 10.6 Å². The van der Waals surface area contributed by atoms with E-state index in [1.165, 1.54) is 5.56 Å². The molecule has 0 bridgehead atoms. The van der Waals surface area contributed by atoms with Gasteiger partial charge in [0.25, 0.3) is 0 Å². The molecule has 0 radical (unpaired) electrons. The number of guanidine groups is 1. The lowest BCUT2D eigenvalue weighted by Crippen LogP contribution is -2.39. The van der Waals surface area contributed by atoms with Crippen LogP contribution in [0.15, 0.2) is 29.3 Å². The fraction of sp³-hybridized carbons (Fsp3) is 0.611. The third kappa shape index (κ3) is 6.67. The summed E-state index contributed by atoms with van der Waals surface area (Å²) in [5.74, 6) is 1.37. The van der Waals surface area contributed by atoms with Crippen LogP contribution >= 0.6 is 11.6 Å². The molecule has 2 unspecified atom stereocenters. The number of hydrogen-bond acceptors (Lipinski definition) is 3. The van der Waals surface area contributed by atoms with Crippen LogP contribution in [-0.2, 0) is 9.47 Å². The molecule has 24 heavy (non-hydrogen) atoms. The standard InChI is InChI=1S/C18H28ClN3O2/c1-14(16-4-6-17(19)7-5-16)22-18(20-2)21-9-3-10-23-12-15-8-11-24-13-15/h4-7,14-15H,3,8-13H2,1-2H3,(H2,20,21,22). The third-order valence-electron chi connectivity index (χ3n) is 4.08. The molecule has 134 valence electrons. The molecule has 0 spiro atoms. The SMILES string of the molecule is CN=C(NCCCOCC1CCOC1)NC(C)c1ccc(Cl)cc1. The van der Waals surface area contributed by atoms with Gasteiger partial charge in [-0.05, 0) is 37.5 Å². The Bertz CT molecular complexity index is 501. The average Bonchev–Trinajstić information content (AvgIpc) is 3.10. The van der Waals surface area contributed by atoms with Gasteiger partial charge in [-0.15, -0.1) is 0 Å². The number of rotatable bonds is 8. The number of nitrogens with zero attached hydrogens (tertiary/aromatic N) is 1. The second-order valence-electron chi connectivity index (χ2n) is 6.07. The highest BCUT2D eigenvalue weighted by atomic mass is 35.5. The Hall–Kier alpha value is -1.30. The topological polar surface area (TPSA) is 54.9 Å². The molecule has 2 N–H and O–H groups in total. The number of ether oxygens (including phenoxy) is 2. The maximum absolute atomic E-state index is 5.93. The van der Waals surface area contributed by atoms with Gasteiger partial charge in [0.05, 0.1) is 19.3 Å². The van der Waals surface area contributed by atoms with E-state index in [2.05, 4.69) is 22.5 Å². The van der Waals surface area contributed by atoms with E-state index in [0.29, 0.717) is 5.92 Å². The molecule has 1 aromatic rings. The van der Waals surface area contributed by atoms with Crippen molar-refractivity contribution >= 4 is 17.6 Å². The van der Waals surface area contributed by atoms with Gasteiger partial charge in [-0.2, -0.15) is 0 Å². The number of halogens is 1. The van der Waals surface area contributed by atoms with Crippen molar-refractivity contribution in [1.29, 1.82) is 0 Å². The van der Waals surface area contributed by atoms with Crippen LogP contribution in [0.1, 0.15) is 31.4 Å². The zero-order valence-corrected chi connectivity index (χ0v) is 15.3. The van der Waals surface area contributed by atoms with Crippen molar-refractivity contribution in [2.45, 2.75) is 25.8 Å². The van der Waals surface area contributed by atoms with Crippen molar-refractivity contribution in [2.75, 3.05) is 40.0 Å². The highest BCUT2D eigenvalue weighted by Crippen LogP contribution is 2.15. The Labute approximate surface area is 149 Å². The first-order chi connectivity index (χ1) is 11.7. The number of hydrogen-bond donors (Lipinski definition) is 2. The van der Waals surface area contributed by atoms with Crippen LogP contribution in [0.3, 0.4) is 0 Å². The lowest BCUT2D eigenvalue weighted by Gasteiger charge is -2.18. The van der Waals surface area contributed by atoms with Gasteiger partial charge in [0, 0.05) is 37.7 Å². The van der Waals surface area contributed by atoms with E-state index in [4.69, 9.17) is 21.1 Å². The van der Waals surface area contributed by atoms with Crippen LogP contribution in [0.2, 0.25) is 5.02 Å². The Kier molecular flexibility index (Phi) is 8.36. The molecule has 1 saturated heterocycles. The summed E-state index contributed by atoms with van der Waals surface area (Å²) in [7, 11) is 1.78. The molecule has 2 rings (SSSR count). The van der Waals surface area contributed by atoms with Gasteiger partial charge in [0.1, 0.15) is 0 Å². The quantitative estimate of drug-likeness (QED) is 0.428. The Morgan fingerprint density at radius 1 is 1.42 bits per heavy atom. The molecule has 1 fully saturated rings. The van der Waals surface area contributed by atoms with Crippen LogP contribution in [0.5, 0.6) is 0 Å². The van der Waals surface area contributed by atoms with Crippen LogP contribution in [0, 0.1) is 5.92 Å². The van der Waals surface area contributed by atoms with E-state index in [1.54, 1.807) is 7.05 Å². The number of nitrogens with one attached hydrogen (secondary N) is 2. The summed E-state index contributed by atoms with van der Waals surface area (Å²) in [5.41, 5.74) is 1.17. The molecule has 1 heterocycles. The summed E-state index contributed by atoms with van der Waals surface area (Å²) in [6.45, 7) is 6.21. The van der Waals surface area contributed by atoms with Gasteiger partial charge in [-0.1, -0.05) is 23.7 Å². The largest absolute Gasteiger partial charge is 0.381 e. The maximum atomic E-state index is 5.93. The van der Waals surface area contributed by atoms with E-state index >= 15 is 0 Å². The van der Waals surface area contributed by atoms with Crippen molar-refractivity contribution < 1.29 is 9.47 Å². The average molecular weight is 354 g/mol. The Balaban J connectivity index is 1.60. The zero-order valence-electron chi connectivity index (χ0n) is 14.6. The molecule has 1 aliphatic rings. The van der Waals surface area contributed by atoms with Gasteiger partial charge in [0.2, 0.25) is 0 Å². The summed E-state index contributed by atoms with van der Waals surface area (Å²) in [4.78, 5) is 4.26. The first kappa shape index (κ1) is 19.0. The molecule has 1 aromatic carbocycles. The highest BCUT2D eigenvalue weighted by molar-refractivity contribution is 6.30. The van der Waals surface area contributed by atoms with Crippen LogP contribution in [0.25, 0.3) is 0 Å². The summed E-state index contributed by atoms with van der Waals surface area (Å²) in [5, 5.41) is 7.44. The zero-order chi connectivity index (χ0) is 17.2. The second kappa shape index (κ2) is 10.5. The maximum Gasteiger partial charge on any atom is 0.191 e. The van der Waals surface area contributed by atoms with Gasteiger partial charge in [0.15, 0.2) is 5.96 Å². The van der Waals surface area contributed by atoms with E-state index in [1.807, 2.05) is 24.3 Å². The first-order valence-corrected chi connectivity index (χ1v) is 8.95. The van der Waals surface area contributed by atoms with Gasteiger partial charge in [-0.25, -0.2) is 0 Å². The summed E-state index contributed by atoms with van der Waals surface area (Å²) in [6, 6.07) is 8.00. The summed E-state index contributed by atoms with van der Waals surface area (Å²) >= 11 is 5.93. The third-order valence-corrected chi connectivity index (χ3v) is 4.33. The number of benzene rings is 1. The van der Waals surface area contributed by atoms with Gasteiger partial charge < -0.3 is 20.1 Å². The van der Waals surface area contributed by atoms with E-state index in [9.17, 15) is 0 Å². The van der Waals surface area contributed by atoms with E-state index < -0.39 is 0 Å². The smallest absolute Gasteiger partial charge is 0.191 e. The Morgan fingerprint density at radius 3 is 2.88 bits per heavy atom. The van der Waals surface area contributed by atoms with Crippen molar-refractivity contribution in [2.24, 2.45) is 10.9 Å². The monoisotopic (exact) mass is 353 g/mol. The van der Waals surface area contributed by atoms with Gasteiger partial charge in [-0.3, -0.25) is 4.99 Å². The fourth-order valence-corrected chi connectivity index (χ4v) is 2.71. The molecular weight excluding hydrogens is 326 g/mol. The predicted octanol–water partition coefficient (Wildman–Crippen LogP) is 3.01. The molecule has 0 aliphatic carbocycles. The molecule has 0 aromatic heterocycles. The van der Waals surface area contributed by atoms with Crippen molar-refractivity contribution in [3.05, 3.63) is 34.9 Å². The predicted molar refractivity (Wildman–Crippen MR) is 98.7 cm³/mol. The van der Waals surface area contributed by atoms with Crippen molar-refractivity contribution in [3.63, 3.8) is 0 Å². The normalized spacial score (nSPS) is 19.3. The highest BCUT2D eigenvalue weighted by Gasteiger charge is 2.15. The lowest BCUT2D eigenvalue weighted by molar-refractivity contribution is 0.0888. The Morgan fingerprint density at radius 2 is 2.21 bits per heavy atom.